The zero-order valence-electron chi connectivity index (χ0n) is 17.6. The summed E-state index contributed by atoms with van der Waals surface area (Å²) in [6.07, 6.45) is 7.48. The van der Waals surface area contributed by atoms with Gasteiger partial charge in [0.05, 0.1) is 18.5 Å². The van der Waals surface area contributed by atoms with E-state index < -0.39 is 0 Å². The van der Waals surface area contributed by atoms with Gasteiger partial charge in [-0.05, 0) is 61.2 Å². The van der Waals surface area contributed by atoms with E-state index in [1.54, 1.807) is 37.6 Å². The number of anilines is 3. The van der Waals surface area contributed by atoms with E-state index in [0.717, 1.165) is 38.2 Å². The van der Waals surface area contributed by atoms with Crippen LogP contribution >= 0.6 is 0 Å². The average molecular weight is 418 g/mol. The maximum atomic E-state index is 12.9. The molecule has 0 atom stereocenters. The standard InChI is InChI=1S/C24H27N5O2/c1-31-20-4-2-18(3-5-20)24(30)23-22(25)21(8-13-27-23)28-16-17-9-14-29(15-10-17)19-6-11-26-12-7-19/h2-8,11-13,17H,9-10,14-16,25H2,1H3,(H,27,28). The van der Waals surface area contributed by atoms with Gasteiger partial charge in [-0.25, -0.2) is 0 Å². The van der Waals surface area contributed by atoms with E-state index in [0.29, 0.717) is 22.9 Å². The van der Waals surface area contributed by atoms with Crippen molar-refractivity contribution in [3.8, 4) is 5.75 Å². The molecule has 3 heterocycles. The van der Waals surface area contributed by atoms with E-state index >= 15 is 0 Å². The summed E-state index contributed by atoms with van der Waals surface area (Å²) in [7, 11) is 1.59. The molecule has 1 aliphatic rings. The van der Waals surface area contributed by atoms with Crippen molar-refractivity contribution in [1.29, 1.82) is 0 Å². The van der Waals surface area contributed by atoms with E-state index in [1.165, 1.54) is 5.69 Å². The molecule has 160 valence electrons. The Balaban J connectivity index is 1.37. The highest BCUT2D eigenvalue weighted by Crippen LogP contribution is 2.27. The number of hydrogen-bond donors (Lipinski definition) is 2. The Morgan fingerprint density at radius 1 is 1.10 bits per heavy atom. The number of nitrogen functional groups attached to an aromatic ring is 1. The van der Waals surface area contributed by atoms with Gasteiger partial charge in [0.25, 0.3) is 0 Å². The summed E-state index contributed by atoms with van der Waals surface area (Å²) >= 11 is 0. The number of pyridine rings is 2. The molecule has 4 rings (SSSR count). The molecule has 0 aliphatic carbocycles. The van der Waals surface area contributed by atoms with Gasteiger partial charge in [-0.1, -0.05) is 0 Å². The van der Waals surface area contributed by atoms with Gasteiger partial charge in [0, 0.05) is 49.5 Å². The van der Waals surface area contributed by atoms with Crippen molar-refractivity contribution in [1.82, 2.24) is 9.97 Å². The Morgan fingerprint density at radius 2 is 1.81 bits per heavy atom. The van der Waals surface area contributed by atoms with Crippen LogP contribution < -0.4 is 20.7 Å². The number of nitrogens with two attached hydrogens (primary N) is 1. The van der Waals surface area contributed by atoms with Gasteiger partial charge in [0.15, 0.2) is 0 Å². The second kappa shape index (κ2) is 9.47. The van der Waals surface area contributed by atoms with Gasteiger partial charge in [-0.2, -0.15) is 0 Å². The van der Waals surface area contributed by atoms with Crippen LogP contribution in [0.3, 0.4) is 0 Å². The van der Waals surface area contributed by atoms with Crippen molar-refractivity contribution in [2.24, 2.45) is 5.92 Å². The topological polar surface area (TPSA) is 93.4 Å². The predicted octanol–water partition coefficient (Wildman–Crippen LogP) is 3.63. The Bertz CT molecular complexity index is 1020. The number of nitrogens with zero attached hydrogens (tertiary/aromatic N) is 3. The van der Waals surface area contributed by atoms with Crippen LogP contribution in [0.2, 0.25) is 0 Å². The summed E-state index contributed by atoms with van der Waals surface area (Å²) in [6.45, 7) is 2.85. The van der Waals surface area contributed by atoms with E-state index in [1.807, 2.05) is 18.5 Å². The Labute approximate surface area is 182 Å². The molecule has 1 aliphatic heterocycles. The average Bonchev–Trinajstić information content (AvgIpc) is 2.84. The van der Waals surface area contributed by atoms with Crippen molar-refractivity contribution >= 4 is 22.8 Å². The summed E-state index contributed by atoms with van der Waals surface area (Å²) in [4.78, 5) is 23.6. The zero-order valence-corrected chi connectivity index (χ0v) is 17.6. The fourth-order valence-corrected chi connectivity index (χ4v) is 3.89. The molecule has 7 nitrogen and oxygen atoms in total. The molecule has 3 aromatic rings. The van der Waals surface area contributed by atoms with Gasteiger partial charge in [0.2, 0.25) is 5.78 Å². The fraction of sp³-hybridized carbons (Fsp3) is 0.292. The van der Waals surface area contributed by atoms with Crippen molar-refractivity contribution in [3.63, 3.8) is 0 Å². The minimum atomic E-state index is -0.200. The first kappa shape index (κ1) is 20.7. The highest BCUT2D eigenvalue weighted by atomic mass is 16.5. The van der Waals surface area contributed by atoms with Crippen molar-refractivity contribution in [3.05, 3.63) is 72.3 Å². The van der Waals surface area contributed by atoms with Crippen LogP contribution in [-0.4, -0.2) is 42.5 Å². The van der Waals surface area contributed by atoms with Gasteiger partial charge < -0.3 is 20.7 Å². The van der Waals surface area contributed by atoms with Crippen LogP contribution in [0.15, 0.2) is 61.1 Å². The number of piperidine rings is 1. The van der Waals surface area contributed by atoms with Crippen molar-refractivity contribution in [2.75, 3.05) is 42.7 Å². The van der Waals surface area contributed by atoms with Gasteiger partial charge >= 0.3 is 0 Å². The number of ketones is 1. The minimum Gasteiger partial charge on any atom is -0.497 e. The lowest BCUT2D eigenvalue weighted by atomic mass is 9.96. The first-order valence-electron chi connectivity index (χ1n) is 10.5. The zero-order chi connectivity index (χ0) is 21.6. The van der Waals surface area contributed by atoms with Crippen LogP contribution in [0.1, 0.15) is 28.9 Å². The summed E-state index contributed by atoms with van der Waals surface area (Å²) in [5, 5.41) is 3.44. The maximum absolute atomic E-state index is 12.9. The smallest absolute Gasteiger partial charge is 0.213 e. The number of carbonyl (C=O) groups excluding carboxylic acids is 1. The monoisotopic (exact) mass is 417 g/mol. The SMILES string of the molecule is COc1ccc(C(=O)c2nccc(NCC3CCN(c4ccncc4)CC3)c2N)cc1. The van der Waals surface area contributed by atoms with E-state index in [9.17, 15) is 4.79 Å². The van der Waals surface area contributed by atoms with Gasteiger partial charge in [0.1, 0.15) is 11.4 Å². The van der Waals surface area contributed by atoms with Gasteiger partial charge in [-0.3, -0.25) is 14.8 Å². The molecule has 31 heavy (non-hydrogen) atoms. The Hall–Kier alpha value is -3.61. The summed E-state index contributed by atoms with van der Waals surface area (Å²) in [5.41, 5.74) is 9.46. The van der Waals surface area contributed by atoms with Crippen LogP contribution in [0, 0.1) is 5.92 Å². The summed E-state index contributed by atoms with van der Waals surface area (Å²) < 4.78 is 5.15. The van der Waals surface area contributed by atoms with Crippen molar-refractivity contribution in [2.45, 2.75) is 12.8 Å². The number of rotatable bonds is 7. The highest BCUT2D eigenvalue weighted by Gasteiger charge is 2.21. The quantitative estimate of drug-likeness (QED) is 0.567. The number of ether oxygens (including phenoxy) is 1. The second-order valence-corrected chi connectivity index (χ2v) is 7.70. The number of aromatic nitrogens is 2. The lowest BCUT2D eigenvalue weighted by molar-refractivity contribution is 0.103. The van der Waals surface area contributed by atoms with Crippen LogP contribution in [0.25, 0.3) is 0 Å². The first-order valence-corrected chi connectivity index (χ1v) is 10.5. The molecule has 0 amide bonds. The van der Waals surface area contributed by atoms with E-state index in [2.05, 4.69) is 32.3 Å². The normalized spacial score (nSPS) is 14.3. The Kier molecular flexibility index (Phi) is 6.31. The molecule has 7 heteroatoms. The molecule has 0 saturated carbocycles. The lowest BCUT2D eigenvalue weighted by Gasteiger charge is -2.33. The summed E-state index contributed by atoms with van der Waals surface area (Å²) in [6, 6.07) is 12.9. The predicted molar refractivity (Wildman–Crippen MR) is 123 cm³/mol. The number of benzene rings is 1. The van der Waals surface area contributed by atoms with Crippen LogP contribution in [0.5, 0.6) is 5.75 Å². The second-order valence-electron chi connectivity index (χ2n) is 7.70. The molecule has 0 bridgehead atoms. The fourth-order valence-electron chi connectivity index (χ4n) is 3.89. The third-order valence-electron chi connectivity index (χ3n) is 5.78. The number of methoxy groups -OCH3 is 1. The third kappa shape index (κ3) is 4.77. The van der Waals surface area contributed by atoms with Crippen LogP contribution in [-0.2, 0) is 0 Å². The van der Waals surface area contributed by atoms with Gasteiger partial charge in [-0.15, -0.1) is 0 Å². The maximum Gasteiger partial charge on any atom is 0.213 e. The third-order valence-corrected chi connectivity index (χ3v) is 5.78. The Morgan fingerprint density at radius 3 is 2.48 bits per heavy atom. The van der Waals surface area contributed by atoms with Crippen molar-refractivity contribution < 1.29 is 9.53 Å². The molecule has 1 fully saturated rings. The molecule has 1 aromatic carbocycles. The molecule has 0 radical (unpaired) electrons. The molecule has 0 spiro atoms. The highest BCUT2D eigenvalue weighted by molar-refractivity contribution is 6.12. The number of nitrogens with one attached hydrogen (secondary N) is 1. The largest absolute Gasteiger partial charge is 0.497 e. The molecule has 3 N–H and O–H groups in total. The molecule has 2 aromatic heterocycles. The number of hydrogen-bond acceptors (Lipinski definition) is 7. The minimum absolute atomic E-state index is 0.200. The number of carbonyl (C=O) groups is 1. The van der Waals surface area contributed by atoms with E-state index in [4.69, 9.17) is 10.5 Å². The van der Waals surface area contributed by atoms with E-state index in [-0.39, 0.29) is 11.5 Å². The molecular weight excluding hydrogens is 390 g/mol. The molecule has 1 saturated heterocycles. The first-order chi connectivity index (χ1) is 15.2. The summed E-state index contributed by atoms with van der Waals surface area (Å²) in [5.74, 6) is 1.05. The van der Waals surface area contributed by atoms with Crippen LogP contribution in [0.4, 0.5) is 17.1 Å². The lowest BCUT2D eigenvalue weighted by Crippen LogP contribution is -2.35. The molecule has 0 unspecified atom stereocenters. The molecular formula is C24H27N5O2.